The van der Waals surface area contributed by atoms with Crippen molar-refractivity contribution in [3.63, 3.8) is 0 Å². The Balaban J connectivity index is 2.35. The first-order chi connectivity index (χ1) is 7.16. The van der Waals surface area contributed by atoms with Crippen molar-refractivity contribution >= 4 is 17.3 Å². The van der Waals surface area contributed by atoms with Gasteiger partial charge in [-0.05, 0) is 37.0 Å². The Kier molecular flexibility index (Phi) is 2.64. The zero-order valence-corrected chi connectivity index (χ0v) is 9.47. The lowest BCUT2D eigenvalue weighted by Crippen LogP contribution is -1.90. The van der Waals surface area contributed by atoms with Gasteiger partial charge in [0.05, 0.1) is 10.6 Å². The van der Waals surface area contributed by atoms with E-state index in [1.165, 1.54) is 11.5 Å². The maximum Gasteiger partial charge on any atom is 0.159 e. The molecule has 2 nitrogen and oxygen atoms in total. The molecule has 1 heterocycles. The molecule has 0 spiro atoms. The summed E-state index contributed by atoms with van der Waals surface area (Å²) in [6.45, 7) is 3.55. The molecule has 76 valence electrons. The second-order valence-corrected chi connectivity index (χ2v) is 4.27. The number of hydrogen-bond acceptors (Lipinski definition) is 3. The Morgan fingerprint density at radius 3 is 2.40 bits per heavy atom. The molecule has 0 bridgehead atoms. The minimum Gasteiger partial charge on any atom is -0.295 e. The van der Waals surface area contributed by atoms with Crippen LogP contribution in [0.15, 0.2) is 30.3 Å². The van der Waals surface area contributed by atoms with Gasteiger partial charge in [-0.2, -0.15) is 4.37 Å². The normalized spacial score (nSPS) is 10.3. The molecule has 0 aliphatic carbocycles. The smallest absolute Gasteiger partial charge is 0.159 e. The van der Waals surface area contributed by atoms with Crippen molar-refractivity contribution in [2.75, 3.05) is 0 Å². The highest BCUT2D eigenvalue weighted by molar-refractivity contribution is 7.09. The molecule has 3 heteroatoms. The summed E-state index contributed by atoms with van der Waals surface area (Å²) in [5.74, 6) is 0.0991. The van der Waals surface area contributed by atoms with E-state index in [0.717, 1.165) is 21.7 Å². The van der Waals surface area contributed by atoms with Gasteiger partial charge in [0.1, 0.15) is 0 Å². The van der Waals surface area contributed by atoms with Crippen molar-refractivity contribution in [3.8, 4) is 10.4 Å². The fourth-order valence-electron chi connectivity index (χ4n) is 1.37. The van der Waals surface area contributed by atoms with Crippen molar-refractivity contribution in [2.45, 2.75) is 13.8 Å². The van der Waals surface area contributed by atoms with Crippen LogP contribution in [0.1, 0.15) is 23.0 Å². The zero-order valence-electron chi connectivity index (χ0n) is 8.65. The quantitative estimate of drug-likeness (QED) is 0.722. The van der Waals surface area contributed by atoms with Crippen molar-refractivity contribution < 1.29 is 4.79 Å². The van der Waals surface area contributed by atoms with Crippen molar-refractivity contribution in [2.24, 2.45) is 0 Å². The first-order valence-electron chi connectivity index (χ1n) is 4.71. The first kappa shape index (κ1) is 10.1. The maximum absolute atomic E-state index is 11.1. The summed E-state index contributed by atoms with van der Waals surface area (Å²) in [5.41, 5.74) is 2.90. The van der Waals surface area contributed by atoms with Crippen LogP contribution < -0.4 is 0 Å². The van der Waals surface area contributed by atoms with Crippen LogP contribution in [0.3, 0.4) is 0 Å². The minimum absolute atomic E-state index is 0.0991. The molecular formula is C12H11NOS. The summed E-state index contributed by atoms with van der Waals surface area (Å²) in [6, 6.07) is 9.68. The van der Waals surface area contributed by atoms with Gasteiger partial charge in [-0.15, -0.1) is 0 Å². The van der Waals surface area contributed by atoms with E-state index in [4.69, 9.17) is 0 Å². The fraction of sp³-hybridized carbons (Fsp3) is 0.167. The van der Waals surface area contributed by atoms with Gasteiger partial charge in [0, 0.05) is 5.56 Å². The van der Waals surface area contributed by atoms with E-state index in [1.54, 1.807) is 6.92 Å². The SMILES string of the molecule is CC(=O)c1ccc(-c2cc(C)ns2)cc1. The van der Waals surface area contributed by atoms with Crippen LogP contribution in [0.2, 0.25) is 0 Å². The largest absolute Gasteiger partial charge is 0.295 e. The molecule has 0 atom stereocenters. The van der Waals surface area contributed by atoms with E-state index in [-0.39, 0.29) is 5.78 Å². The number of benzene rings is 1. The highest BCUT2D eigenvalue weighted by Crippen LogP contribution is 2.24. The third-order valence-electron chi connectivity index (χ3n) is 2.20. The summed E-state index contributed by atoms with van der Waals surface area (Å²) >= 11 is 1.48. The lowest BCUT2D eigenvalue weighted by atomic mass is 10.1. The molecule has 0 saturated heterocycles. The number of carbonyl (C=O) groups excluding carboxylic acids is 1. The lowest BCUT2D eigenvalue weighted by molar-refractivity contribution is 0.101. The average Bonchev–Trinajstić information content (AvgIpc) is 2.65. The van der Waals surface area contributed by atoms with Gasteiger partial charge in [-0.1, -0.05) is 24.3 Å². The molecule has 2 aromatic rings. The van der Waals surface area contributed by atoms with Gasteiger partial charge in [0.15, 0.2) is 5.78 Å². The second kappa shape index (κ2) is 3.95. The lowest BCUT2D eigenvalue weighted by Gasteiger charge is -1.98. The highest BCUT2D eigenvalue weighted by Gasteiger charge is 2.03. The van der Waals surface area contributed by atoms with E-state index in [0.29, 0.717) is 0 Å². The van der Waals surface area contributed by atoms with Gasteiger partial charge < -0.3 is 0 Å². The zero-order chi connectivity index (χ0) is 10.8. The van der Waals surface area contributed by atoms with E-state index in [2.05, 4.69) is 4.37 Å². The van der Waals surface area contributed by atoms with Crippen LogP contribution >= 0.6 is 11.5 Å². The van der Waals surface area contributed by atoms with Gasteiger partial charge in [-0.25, -0.2) is 0 Å². The van der Waals surface area contributed by atoms with Crippen LogP contribution in [0, 0.1) is 6.92 Å². The van der Waals surface area contributed by atoms with Crippen LogP contribution in [0.25, 0.3) is 10.4 Å². The number of rotatable bonds is 2. The van der Waals surface area contributed by atoms with Crippen molar-refractivity contribution in [1.29, 1.82) is 0 Å². The molecule has 1 aromatic heterocycles. The summed E-state index contributed by atoms with van der Waals surface area (Å²) in [7, 11) is 0. The number of carbonyl (C=O) groups is 1. The summed E-state index contributed by atoms with van der Waals surface area (Å²) in [6.07, 6.45) is 0. The van der Waals surface area contributed by atoms with Crippen molar-refractivity contribution in [1.82, 2.24) is 4.37 Å². The molecule has 15 heavy (non-hydrogen) atoms. The van der Waals surface area contributed by atoms with Crippen LogP contribution in [-0.4, -0.2) is 10.2 Å². The van der Waals surface area contributed by atoms with Crippen LogP contribution in [0.5, 0.6) is 0 Å². The third-order valence-corrected chi connectivity index (χ3v) is 3.13. The summed E-state index contributed by atoms with van der Waals surface area (Å²) in [5, 5.41) is 0. The number of ketones is 1. The molecule has 0 saturated carbocycles. The Morgan fingerprint density at radius 2 is 1.93 bits per heavy atom. The third kappa shape index (κ3) is 2.13. The van der Waals surface area contributed by atoms with Gasteiger partial charge in [0.2, 0.25) is 0 Å². The number of aryl methyl sites for hydroxylation is 1. The molecule has 0 fully saturated rings. The molecular weight excluding hydrogens is 206 g/mol. The Labute approximate surface area is 92.7 Å². The molecule has 0 unspecified atom stereocenters. The topological polar surface area (TPSA) is 30.0 Å². The second-order valence-electron chi connectivity index (χ2n) is 3.47. The average molecular weight is 217 g/mol. The molecule has 1 aromatic carbocycles. The molecule has 0 aliphatic rings. The predicted molar refractivity (Wildman–Crippen MR) is 62.3 cm³/mol. The monoisotopic (exact) mass is 217 g/mol. The maximum atomic E-state index is 11.1. The number of nitrogens with zero attached hydrogens (tertiary/aromatic N) is 1. The Bertz CT molecular complexity index is 485. The van der Waals surface area contributed by atoms with Crippen LogP contribution in [-0.2, 0) is 0 Å². The van der Waals surface area contributed by atoms with Gasteiger partial charge in [0.25, 0.3) is 0 Å². The fourth-order valence-corrected chi connectivity index (χ4v) is 2.13. The molecule has 0 N–H and O–H groups in total. The standard InChI is InChI=1S/C12H11NOS/c1-8-7-12(15-13-8)11-5-3-10(4-6-11)9(2)14/h3-7H,1-2H3. The number of Topliss-reactive ketones (excluding diaryl/α,β-unsaturated/α-hetero) is 1. The molecule has 0 amide bonds. The van der Waals surface area contributed by atoms with E-state index in [1.807, 2.05) is 37.3 Å². The number of hydrogen-bond donors (Lipinski definition) is 0. The van der Waals surface area contributed by atoms with Crippen molar-refractivity contribution in [3.05, 3.63) is 41.6 Å². The number of aromatic nitrogens is 1. The van der Waals surface area contributed by atoms with Gasteiger partial charge in [-0.3, -0.25) is 4.79 Å². The summed E-state index contributed by atoms with van der Waals surface area (Å²) in [4.78, 5) is 12.2. The first-order valence-corrected chi connectivity index (χ1v) is 5.49. The molecule has 0 aliphatic heterocycles. The molecule has 2 rings (SSSR count). The molecule has 0 radical (unpaired) electrons. The van der Waals surface area contributed by atoms with E-state index in [9.17, 15) is 4.79 Å². The van der Waals surface area contributed by atoms with E-state index < -0.39 is 0 Å². The van der Waals surface area contributed by atoms with Gasteiger partial charge >= 0.3 is 0 Å². The summed E-state index contributed by atoms with van der Waals surface area (Å²) < 4.78 is 4.23. The van der Waals surface area contributed by atoms with E-state index >= 15 is 0 Å². The van der Waals surface area contributed by atoms with Crippen LogP contribution in [0.4, 0.5) is 0 Å². The Hall–Kier alpha value is -1.48. The Morgan fingerprint density at radius 1 is 1.27 bits per heavy atom. The minimum atomic E-state index is 0.0991. The highest BCUT2D eigenvalue weighted by atomic mass is 32.1. The predicted octanol–water partition coefficient (Wildman–Crippen LogP) is 3.32.